The fourth-order valence-electron chi connectivity index (χ4n) is 3.59. The first-order valence-corrected chi connectivity index (χ1v) is 10.0. The number of aliphatic hydroxyl groups is 1. The van der Waals surface area contributed by atoms with Crippen LogP contribution in [0.25, 0.3) is 5.76 Å². The number of rotatable bonds is 7. The average molecular weight is 398 g/mol. The van der Waals surface area contributed by atoms with Crippen LogP contribution < -0.4 is 0 Å². The van der Waals surface area contributed by atoms with Gasteiger partial charge in [-0.2, -0.15) is 0 Å². The van der Waals surface area contributed by atoms with E-state index in [4.69, 9.17) is 11.6 Å². The SMILES string of the molecule is CCCCCCN1C(=O)C(=O)/C(=C(/O)c2ccccc2)[C@H]1c1ccccc1Cl. The Morgan fingerprint density at radius 2 is 1.68 bits per heavy atom. The largest absolute Gasteiger partial charge is 0.507 e. The number of Topliss-reactive ketones (excluding diaryl/α,β-unsaturated/α-hetero) is 1. The summed E-state index contributed by atoms with van der Waals surface area (Å²) in [6.07, 6.45) is 3.94. The Bertz CT molecular complexity index is 892. The second-order valence-electron chi connectivity index (χ2n) is 6.94. The number of nitrogens with zero attached hydrogens (tertiary/aromatic N) is 1. The Labute approximate surface area is 170 Å². The Balaban J connectivity index is 2.08. The van der Waals surface area contributed by atoms with Gasteiger partial charge in [0.15, 0.2) is 0 Å². The van der Waals surface area contributed by atoms with Gasteiger partial charge < -0.3 is 10.0 Å². The molecule has 3 rings (SSSR count). The number of amides is 1. The summed E-state index contributed by atoms with van der Waals surface area (Å²) in [5, 5.41) is 11.4. The van der Waals surface area contributed by atoms with Gasteiger partial charge in [0.1, 0.15) is 5.76 Å². The van der Waals surface area contributed by atoms with Crippen LogP contribution in [0.1, 0.15) is 49.8 Å². The van der Waals surface area contributed by atoms with Gasteiger partial charge in [-0.15, -0.1) is 0 Å². The van der Waals surface area contributed by atoms with Crippen LogP contribution in [0.2, 0.25) is 5.02 Å². The number of carbonyl (C=O) groups is 2. The van der Waals surface area contributed by atoms with E-state index in [0.717, 1.165) is 25.7 Å². The number of hydrogen-bond acceptors (Lipinski definition) is 3. The standard InChI is InChI=1S/C23H24ClNO3/c1-2-3-4-10-15-25-20(17-13-8-9-14-18(17)24)19(22(27)23(25)28)21(26)16-11-6-5-7-12-16/h5-9,11-14,20,26H,2-4,10,15H2,1H3/b21-19+/t20-/m1/s1. The van der Waals surface area contributed by atoms with Crippen molar-refractivity contribution < 1.29 is 14.7 Å². The fourth-order valence-corrected chi connectivity index (χ4v) is 3.83. The monoisotopic (exact) mass is 397 g/mol. The van der Waals surface area contributed by atoms with E-state index in [2.05, 4.69) is 6.92 Å². The van der Waals surface area contributed by atoms with E-state index in [-0.39, 0.29) is 11.3 Å². The Hall–Kier alpha value is -2.59. The highest BCUT2D eigenvalue weighted by molar-refractivity contribution is 6.47. The average Bonchev–Trinajstić information content (AvgIpc) is 2.96. The van der Waals surface area contributed by atoms with E-state index in [9.17, 15) is 14.7 Å². The van der Waals surface area contributed by atoms with Crippen LogP contribution in [-0.4, -0.2) is 28.2 Å². The number of benzene rings is 2. The lowest BCUT2D eigenvalue weighted by molar-refractivity contribution is -0.139. The van der Waals surface area contributed by atoms with E-state index in [1.54, 1.807) is 47.4 Å². The smallest absolute Gasteiger partial charge is 0.295 e. The summed E-state index contributed by atoms with van der Waals surface area (Å²) in [6.45, 7) is 2.57. The molecule has 0 aromatic heterocycles. The normalized spacial score (nSPS) is 18.6. The number of unbranched alkanes of at least 4 members (excludes halogenated alkanes) is 3. The van der Waals surface area contributed by atoms with Crippen LogP contribution in [0.3, 0.4) is 0 Å². The Morgan fingerprint density at radius 3 is 2.36 bits per heavy atom. The number of carbonyl (C=O) groups excluding carboxylic acids is 2. The molecule has 146 valence electrons. The van der Waals surface area contributed by atoms with Gasteiger partial charge >= 0.3 is 0 Å². The number of ketones is 1. The molecule has 1 atom stereocenters. The Kier molecular flexibility index (Phi) is 6.53. The molecule has 1 aliphatic heterocycles. The molecule has 1 heterocycles. The molecule has 0 radical (unpaired) electrons. The number of likely N-dealkylation sites (tertiary alicyclic amines) is 1. The maximum absolute atomic E-state index is 12.9. The van der Waals surface area contributed by atoms with Gasteiger partial charge in [0.25, 0.3) is 11.7 Å². The van der Waals surface area contributed by atoms with Crippen molar-refractivity contribution in [1.29, 1.82) is 0 Å². The third-order valence-electron chi connectivity index (χ3n) is 5.04. The van der Waals surface area contributed by atoms with E-state index in [1.807, 2.05) is 12.1 Å². The minimum atomic E-state index is -0.685. The van der Waals surface area contributed by atoms with E-state index >= 15 is 0 Å². The van der Waals surface area contributed by atoms with Crippen LogP contribution in [0.5, 0.6) is 0 Å². The van der Waals surface area contributed by atoms with Crippen molar-refractivity contribution in [3.8, 4) is 0 Å². The van der Waals surface area contributed by atoms with Crippen LogP contribution in [0.15, 0.2) is 60.2 Å². The quantitative estimate of drug-likeness (QED) is 0.297. The molecule has 2 aromatic carbocycles. The second-order valence-corrected chi connectivity index (χ2v) is 7.35. The molecule has 1 fully saturated rings. The minimum absolute atomic E-state index is 0.0970. The van der Waals surface area contributed by atoms with Gasteiger partial charge in [-0.05, 0) is 18.1 Å². The molecule has 2 aromatic rings. The molecule has 0 unspecified atom stereocenters. The first kappa shape index (κ1) is 20.2. The lowest BCUT2D eigenvalue weighted by atomic mass is 9.95. The summed E-state index contributed by atoms with van der Waals surface area (Å²) in [7, 11) is 0. The number of aliphatic hydroxyl groups excluding tert-OH is 1. The molecular weight excluding hydrogens is 374 g/mol. The van der Waals surface area contributed by atoms with Crippen LogP contribution >= 0.6 is 11.6 Å². The molecule has 0 bridgehead atoms. The van der Waals surface area contributed by atoms with Crippen LogP contribution in [0.4, 0.5) is 0 Å². The highest BCUT2D eigenvalue weighted by atomic mass is 35.5. The molecule has 1 aliphatic rings. The maximum Gasteiger partial charge on any atom is 0.295 e. The van der Waals surface area contributed by atoms with E-state index in [0.29, 0.717) is 22.7 Å². The van der Waals surface area contributed by atoms with Crippen LogP contribution in [-0.2, 0) is 9.59 Å². The lowest BCUT2D eigenvalue weighted by Gasteiger charge is -2.26. The molecule has 0 saturated carbocycles. The predicted octanol–water partition coefficient (Wildman–Crippen LogP) is 5.34. The summed E-state index contributed by atoms with van der Waals surface area (Å²) in [6, 6.07) is 15.3. The zero-order valence-corrected chi connectivity index (χ0v) is 16.7. The zero-order chi connectivity index (χ0) is 20.1. The fraction of sp³-hybridized carbons (Fsp3) is 0.304. The molecule has 5 heteroatoms. The highest BCUT2D eigenvalue weighted by Gasteiger charge is 2.46. The van der Waals surface area contributed by atoms with Crippen molar-refractivity contribution in [2.45, 2.75) is 38.6 Å². The molecule has 0 aliphatic carbocycles. The first-order valence-electron chi connectivity index (χ1n) is 9.64. The summed E-state index contributed by atoms with van der Waals surface area (Å²) < 4.78 is 0. The summed E-state index contributed by atoms with van der Waals surface area (Å²) in [4.78, 5) is 27.2. The van der Waals surface area contributed by atoms with Crippen molar-refractivity contribution in [3.05, 3.63) is 76.3 Å². The van der Waals surface area contributed by atoms with Crippen molar-refractivity contribution >= 4 is 29.1 Å². The third kappa shape index (κ3) is 3.97. The molecule has 4 nitrogen and oxygen atoms in total. The van der Waals surface area contributed by atoms with E-state index < -0.39 is 17.7 Å². The Morgan fingerprint density at radius 1 is 1.00 bits per heavy atom. The van der Waals surface area contributed by atoms with Crippen molar-refractivity contribution in [2.24, 2.45) is 0 Å². The van der Waals surface area contributed by atoms with Crippen molar-refractivity contribution in [2.75, 3.05) is 6.54 Å². The van der Waals surface area contributed by atoms with Gasteiger partial charge in [-0.1, -0.05) is 86.3 Å². The summed E-state index contributed by atoms with van der Waals surface area (Å²) >= 11 is 6.41. The van der Waals surface area contributed by atoms with Gasteiger partial charge in [0.05, 0.1) is 11.6 Å². The molecule has 1 N–H and O–H groups in total. The van der Waals surface area contributed by atoms with Gasteiger partial charge in [0.2, 0.25) is 0 Å². The predicted molar refractivity (Wildman–Crippen MR) is 111 cm³/mol. The number of halogens is 1. The number of hydrogen-bond donors (Lipinski definition) is 1. The van der Waals surface area contributed by atoms with E-state index in [1.165, 1.54) is 0 Å². The molecular formula is C23H24ClNO3. The van der Waals surface area contributed by atoms with Crippen molar-refractivity contribution in [1.82, 2.24) is 4.90 Å². The molecule has 1 saturated heterocycles. The molecule has 1 amide bonds. The molecule has 0 spiro atoms. The van der Waals surface area contributed by atoms with Gasteiger partial charge in [-0.25, -0.2) is 0 Å². The van der Waals surface area contributed by atoms with Gasteiger partial charge in [-0.3, -0.25) is 9.59 Å². The van der Waals surface area contributed by atoms with Crippen molar-refractivity contribution in [3.63, 3.8) is 0 Å². The summed E-state index contributed by atoms with van der Waals surface area (Å²) in [5.74, 6) is -1.42. The minimum Gasteiger partial charge on any atom is -0.507 e. The third-order valence-corrected chi connectivity index (χ3v) is 5.38. The maximum atomic E-state index is 12.9. The van der Waals surface area contributed by atoms with Gasteiger partial charge in [0, 0.05) is 17.1 Å². The first-order chi connectivity index (χ1) is 13.6. The topological polar surface area (TPSA) is 57.6 Å². The molecule has 28 heavy (non-hydrogen) atoms. The highest BCUT2D eigenvalue weighted by Crippen LogP contribution is 2.41. The lowest BCUT2D eigenvalue weighted by Crippen LogP contribution is -2.30. The van der Waals surface area contributed by atoms with Crippen LogP contribution in [0, 0.1) is 0 Å². The summed E-state index contributed by atoms with van der Waals surface area (Å²) in [5.41, 5.74) is 1.25. The zero-order valence-electron chi connectivity index (χ0n) is 15.9. The second kappa shape index (κ2) is 9.07.